The molecule has 0 N–H and O–H groups in total. The van der Waals surface area contributed by atoms with E-state index in [-0.39, 0.29) is 0 Å². The minimum Gasteiger partial charge on any atom is -0.254 e. The Hall–Kier alpha value is -0.290. The van der Waals surface area contributed by atoms with Crippen LogP contribution in [0.3, 0.4) is 0 Å². The molecular weight excluding hydrogens is 293 g/mol. The summed E-state index contributed by atoms with van der Waals surface area (Å²) >= 11 is 3.14. The van der Waals surface area contributed by atoms with Crippen LogP contribution in [-0.4, -0.2) is 0 Å². The van der Waals surface area contributed by atoms with Gasteiger partial charge < -0.3 is 0 Å². The number of halogens is 3. The van der Waals surface area contributed by atoms with Crippen LogP contribution < -0.4 is 0 Å². The zero-order chi connectivity index (χ0) is 11.5. The highest BCUT2D eigenvalue weighted by Gasteiger charge is 2.28. The maximum atomic E-state index is 11.8. The smallest absolute Gasteiger partial charge is 0.254 e. The summed E-state index contributed by atoms with van der Waals surface area (Å²) in [5.74, 6) is 0. The third kappa shape index (κ3) is 3.34. The van der Waals surface area contributed by atoms with Crippen molar-refractivity contribution in [3.05, 3.63) is 40.7 Å². The second-order valence-corrected chi connectivity index (χ2v) is 5.50. The van der Waals surface area contributed by atoms with Crippen molar-refractivity contribution in [2.75, 3.05) is 0 Å². The van der Waals surface area contributed by atoms with Crippen LogP contribution in [0.25, 0.3) is 0 Å². The van der Waals surface area contributed by atoms with E-state index in [0.29, 0.717) is 15.6 Å². The van der Waals surface area contributed by atoms with Gasteiger partial charge in [0, 0.05) is 4.47 Å². The molecule has 3 nitrogen and oxygen atoms in total. The standard InChI is InChI=1S/C8H7BrF2O3P/c1-6-2-3-7(8(9)4-6)5-15(12,13-10)14-11/h2-4H,1,5H2. The molecule has 7 heteroatoms. The Morgan fingerprint density at radius 3 is 2.47 bits per heavy atom. The van der Waals surface area contributed by atoms with Gasteiger partial charge in [-0.1, -0.05) is 28.1 Å². The van der Waals surface area contributed by atoms with E-state index in [2.05, 4.69) is 32.3 Å². The first-order chi connectivity index (χ1) is 7.00. The second-order valence-electron chi connectivity index (χ2n) is 2.83. The first-order valence-corrected chi connectivity index (χ1v) is 6.33. The SMILES string of the molecule is [CH2]c1ccc(CP(=O)(OF)OF)c(Br)c1. The van der Waals surface area contributed by atoms with Crippen LogP contribution in [0.1, 0.15) is 11.1 Å². The van der Waals surface area contributed by atoms with Gasteiger partial charge in [-0.25, -0.2) is 0 Å². The average Bonchev–Trinajstić information content (AvgIpc) is 2.22. The molecule has 0 heterocycles. The molecule has 0 aliphatic rings. The van der Waals surface area contributed by atoms with E-state index in [9.17, 15) is 13.6 Å². The first-order valence-electron chi connectivity index (χ1n) is 3.81. The third-order valence-corrected chi connectivity index (χ3v) is 3.58. The molecule has 1 radical (unpaired) electrons. The molecule has 1 rings (SSSR count). The van der Waals surface area contributed by atoms with Crippen molar-refractivity contribution in [1.29, 1.82) is 0 Å². The summed E-state index contributed by atoms with van der Waals surface area (Å²) in [7, 11) is -4.33. The largest absolute Gasteiger partial charge is 0.399 e. The summed E-state index contributed by atoms with van der Waals surface area (Å²) in [6.07, 6.45) is -0.499. The molecule has 83 valence electrons. The van der Waals surface area contributed by atoms with Gasteiger partial charge in [0.15, 0.2) is 0 Å². The summed E-state index contributed by atoms with van der Waals surface area (Å²) in [4.78, 5) is 0. The zero-order valence-electron chi connectivity index (χ0n) is 7.45. The van der Waals surface area contributed by atoms with E-state index < -0.39 is 13.8 Å². The highest BCUT2D eigenvalue weighted by Crippen LogP contribution is 2.52. The quantitative estimate of drug-likeness (QED) is 0.784. The lowest BCUT2D eigenvalue weighted by Crippen LogP contribution is -1.91. The van der Waals surface area contributed by atoms with E-state index >= 15 is 0 Å². The van der Waals surface area contributed by atoms with Crippen molar-refractivity contribution < 1.29 is 23.1 Å². The van der Waals surface area contributed by atoms with E-state index in [1.165, 1.54) is 6.07 Å². The Bertz CT molecular complexity index is 391. The molecule has 0 atom stereocenters. The average molecular weight is 300 g/mol. The van der Waals surface area contributed by atoms with Crippen molar-refractivity contribution in [3.63, 3.8) is 0 Å². The van der Waals surface area contributed by atoms with Gasteiger partial charge in [-0.05, 0) is 33.2 Å². The van der Waals surface area contributed by atoms with Crippen molar-refractivity contribution in [2.24, 2.45) is 0 Å². The molecule has 0 aliphatic heterocycles. The fraction of sp³-hybridized carbons (Fsp3) is 0.125. The number of rotatable bonds is 4. The topological polar surface area (TPSA) is 35.5 Å². The van der Waals surface area contributed by atoms with E-state index in [1.54, 1.807) is 12.1 Å². The van der Waals surface area contributed by atoms with Crippen molar-refractivity contribution in [2.45, 2.75) is 6.16 Å². The first kappa shape index (κ1) is 12.8. The fourth-order valence-electron chi connectivity index (χ4n) is 0.987. The molecule has 0 aromatic heterocycles. The van der Waals surface area contributed by atoms with E-state index in [4.69, 9.17) is 0 Å². The number of hydrogen-bond donors (Lipinski definition) is 0. The van der Waals surface area contributed by atoms with Crippen molar-refractivity contribution in [1.82, 2.24) is 0 Å². The lowest BCUT2D eigenvalue weighted by atomic mass is 10.2. The number of benzene rings is 1. The summed E-state index contributed by atoms with van der Waals surface area (Å²) in [5, 5.41) is 0. The van der Waals surface area contributed by atoms with Gasteiger partial charge in [0.25, 0.3) is 0 Å². The van der Waals surface area contributed by atoms with Crippen LogP contribution in [-0.2, 0) is 20.2 Å². The summed E-state index contributed by atoms with van der Waals surface area (Å²) in [6.45, 7) is 3.65. The Morgan fingerprint density at radius 2 is 2.00 bits per heavy atom. The Morgan fingerprint density at radius 1 is 1.40 bits per heavy atom. The van der Waals surface area contributed by atoms with Crippen LogP contribution in [0.4, 0.5) is 9.05 Å². The highest BCUT2D eigenvalue weighted by atomic mass is 79.9. The molecule has 15 heavy (non-hydrogen) atoms. The highest BCUT2D eigenvalue weighted by molar-refractivity contribution is 9.10. The summed E-state index contributed by atoms with van der Waals surface area (Å²) < 4.78 is 41.2. The molecule has 0 bridgehead atoms. The molecule has 0 saturated heterocycles. The molecule has 0 aliphatic carbocycles. The molecule has 0 fully saturated rings. The van der Waals surface area contributed by atoms with Gasteiger partial charge in [-0.15, -0.1) is 9.46 Å². The molecule has 0 spiro atoms. The molecule has 0 unspecified atom stereocenters. The van der Waals surface area contributed by atoms with Gasteiger partial charge >= 0.3 is 7.60 Å². The van der Waals surface area contributed by atoms with Gasteiger partial charge in [0.1, 0.15) is 0 Å². The second kappa shape index (κ2) is 5.16. The molecule has 1 aromatic carbocycles. The Balaban J connectivity index is 2.94. The van der Waals surface area contributed by atoms with E-state index in [0.717, 1.165) is 0 Å². The monoisotopic (exact) mass is 299 g/mol. The van der Waals surface area contributed by atoms with Crippen LogP contribution in [0.5, 0.6) is 0 Å². The Kier molecular flexibility index (Phi) is 4.40. The lowest BCUT2D eigenvalue weighted by molar-refractivity contribution is -0.0881. The van der Waals surface area contributed by atoms with Gasteiger partial charge in [-0.3, -0.25) is 4.57 Å². The summed E-state index contributed by atoms with van der Waals surface area (Å²) in [6, 6.07) is 4.76. The minimum absolute atomic E-state index is 0.404. The lowest BCUT2D eigenvalue weighted by Gasteiger charge is -2.08. The maximum Gasteiger partial charge on any atom is 0.399 e. The minimum atomic E-state index is -4.33. The van der Waals surface area contributed by atoms with Crippen LogP contribution in [0.15, 0.2) is 22.7 Å². The van der Waals surface area contributed by atoms with Gasteiger partial charge in [-0.2, -0.15) is 0 Å². The normalized spacial score (nSPS) is 11.7. The van der Waals surface area contributed by atoms with Crippen LogP contribution in [0.2, 0.25) is 0 Å². The summed E-state index contributed by atoms with van der Waals surface area (Å²) in [5.41, 5.74) is 1.11. The van der Waals surface area contributed by atoms with E-state index in [1.807, 2.05) is 0 Å². The van der Waals surface area contributed by atoms with Crippen molar-refractivity contribution >= 4 is 23.5 Å². The maximum absolute atomic E-state index is 11.8. The Labute approximate surface area is 93.9 Å². The van der Waals surface area contributed by atoms with Gasteiger partial charge in [0.2, 0.25) is 0 Å². The van der Waals surface area contributed by atoms with Crippen LogP contribution in [0, 0.1) is 6.92 Å². The molecule has 1 aromatic rings. The van der Waals surface area contributed by atoms with Crippen LogP contribution >= 0.6 is 23.5 Å². The molecule has 0 saturated carbocycles. The molecular formula is C8H7BrF2O3P. The third-order valence-electron chi connectivity index (χ3n) is 1.69. The fourth-order valence-corrected chi connectivity index (χ4v) is 2.58. The predicted octanol–water partition coefficient (Wildman–Crippen LogP) is 4.13. The molecule has 0 amide bonds. The predicted molar refractivity (Wildman–Crippen MR) is 54.3 cm³/mol. The number of hydrogen-bond acceptors (Lipinski definition) is 3. The zero-order valence-corrected chi connectivity index (χ0v) is 9.93. The van der Waals surface area contributed by atoms with Crippen molar-refractivity contribution in [3.8, 4) is 0 Å². The van der Waals surface area contributed by atoms with Gasteiger partial charge in [0.05, 0.1) is 6.16 Å².